The highest BCUT2D eigenvalue weighted by Crippen LogP contribution is 2.17. The first-order valence-electron chi connectivity index (χ1n) is 3.17. The Morgan fingerprint density at radius 3 is 2.30 bits per heavy atom. The van der Waals surface area contributed by atoms with Crippen molar-refractivity contribution < 1.29 is 9.57 Å². The van der Waals surface area contributed by atoms with Gasteiger partial charge in [-0.25, -0.2) is 0 Å². The van der Waals surface area contributed by atoms with E-state index in [1.54, 1.807) is 7.11 Å². The van der Waals surface area contributed by atoms with Gasteiger partial charge in [0.1, 0.15) is 5.76 Å². The zero-order valence-corrected chi connectivity index (χ0v) is 5.96. The van der Waals surface area contributed by atoms with Crippen LogP contribution in [0.4, 0.5) is 0 Å². The second-order valence-corrected chi connectivity index (χ2v) is 2.09. The molecule has 0 saturated carbocycles. The lowest BCUT2D eigenvalue weighted by Gasteiger charge is -2.10. The van der Waals surface area contributed by atoms with Gasteiger partial charge in [0.25, 0.3) is 0 Å². The van der Waals surface area contributed by atoms with Gasteiger partial charge in [-0.15, -0.1) is 0 Å². The number of allylic oxidation sites excluding steroid dienone is 4. The van der Waals surface area contributed by atoms with Gasteiger partial charge in [-0.2, -0.15) is 5.90 Å². The molecule has 0 atom stereocenters. The van der Waals surface area contributed by atoms with Crippen LogP contribution in [0, 0.1) is 0 Å². The normalized spacial score (nSPS) is 17.4. The molecule has 0 saturated heterocycles. The molecule has 0 unspecified atom stereocenters. The van der Waals surface area contributed by atoms with E-state index in [1.165, 1.54) is 0 Å². The van der Waals surface area contributed by atoms with Crippen LogP contribution in [0.15, 0.2) is 23.7 Å². The fourth-order valence-corrected chi connectivity index (χ4v) is 0.867. The molecule has 2 N–H and O–H groups in total. The van der Waals surface area contributed by atoms with E-state index < -0.39 is 0 Å². The van der Waals surface area contributed by atoms with Crippen LogP contribution in [0.2, 0.25) is 0 Å². The maximum atomic E-state index is 5.00. The van der Waals surface area contributed by atoms with Gasteiger partial charge in [-0.3, -0.25) is 0 Å². The molecule has 0 spiro atoms. The largest absolute Gasteiger partial charge is 0.501 e. The van der Waals surface area contributed by atoms with Crippen LogP contribution in [0.1, 0.15) is 12.8 Å². The number of ether oxygens (including phenoxy) is 1. The number of hydrogen-bond acceptors (Lipinski definition) is 3. The molecule has 56 valence electrons. The van der Waals surface area contributed by atoms with Gasteiger partial charge in [0.15, 0.2) is 0 Å². The highest BCUT2D eigenvalue weighted by Gasteiger charge is 2.05. The Morgan fingerprint density at radius 2 is 1.90 bits per heavy atom. The van der Waals surface area contributed by atoms with E-state index in [0.717, 1.165) is 24.4 Å². The average molecular weight is 141 g/mol. The Labute approximate surface area is 60.1 Å². The van der Waals surface area contributed by atoms with Crippen molar-refractivity contribution in [3.63, 3.8) is 0 Å². The summed E-state index contributed by atoms with van der Waals surface area (Å²) in [6.45, 7) is 0. The average Bonchev–Trinajstić information content (AvgIpc) is 2.05. The van der Waals surface area contributed by atoms with Crippen LogP contribution in [-0.4, -0.2) is 7.11 Å². The molecule has 0 aromatic rings. The van der Waals surface area contributed by atoms with E-state index in [2.05, 4.69) is 4.84 Å². The summed E-state index contributed by atoms with van der Waals surface area (Å²) in [6, 6.07) is 0. The third-order valence-corrected chi connectivity index (χ3v) is 1.49. The summed E-state index contributed by atoms with van der Waals surface area (Å²) in [6.07, 6.45) is 5.39. The third-order valence-electron chi connectivity index (χ3n) is 1.49. The van der Waals surface area contributed by atoms with Crippen LogP contribution in [-0.2, 0) is 9.57 Å². The molecular formula is C7H11NO2. The van der Waals surface area contributed by atoms with Crippen LogP contribution in [0.3, 0.4) is 0 Å². The number of rotatable bonds is 2. The maximum Gasteiger partial charge on any atom is 0.124 e. The van der Waals surface area contributed by atoms with Crippen molar-refractivity contribution in [2.45, 2.75) is 12.8 Å². The van der Waals surface area contributed by atoms with Crippen molar-refractivity contribution in [3.05, 3.63) is 23.7 Å². The molecule has 0 radical (unpaired) electrons. The fraction of sp³-hybridized carbons (Fsp3) is 0.429. The van der Waals surface area contributed by atoms with Gasteiger partial charge in [0, 0.05) is 12.8 Å². The lowest BCUT2D eigenvalue weighted by Crippen LogP contribution is -2.03. The lowest BCUT2D eigenvalue weighted by atomic mass is 10.1. The third kappa shape index (κ3) is 1.51. The Morgan fingerprint density at radius 1 is 1.30 bits per heavy atom. The van der Waals surface area contributed by atoms with Crippen LogP contribution >= 0.6 is 0 Å². The molecule has 0 fully saturated rings. The predicted molar refractivity (Wildman–Crippen MR) is 37.7 cm³/mol. The summed E-state index contributed by atoms with van der Waals surface area (Å²) in [4.78, 5) is 4.54. The molecule has 0 aromatic carbocycles. The minimum absolute atomic E-state index is 0.806. The Balaban J connectivity index is 2.55. The minimum atomic E-state index is 0.806. The molecule has 0 bridgehead atoms. The summed E-state index contributed by atoms with van der Waals surface area (Å²) < 4.78 is 5.00. The molecule has 0 aliphatic heterocycles. The van der Waals surface area contributed by atoms with Gasteiger partial charge in [-0.1, -0.05) is 0 Å². The van der Waals surface area contributed by atoms with E-state index in [9.17, 15) is 0 Å². The van der Waals surface area contributed by atoms with Crippen molar-refractivity contribution in [2.24, 2.45) is 5.90 Å². The molecule has 1 rings (SSSR count). The molecule has 3 heteroatoms. The summed E-state index contributed by atoms with van der Waals surface area (Å²) in [5.41, 5.74) is 0. The molecule has 10 heavy (non-hydrogen) atoms. The monoisotopic (exact) mass is 141 g/mol. The zero-order chi connectivity index (χ0) is 7.40. The lowest BCUT2D eigenvalue weighted by molar-refractivity contribution is 0.198. The van der Waals surface area contributed by atoms with E-state index in [0.29, 0.717) is 0 Å². The maximum absolute atomic E-state index is 5.00. The molecular weight excluding hydrogens is 130 g/mol. The van der Waals surface area contributed by atoms with Crippen LogP contribution in [0.5, 0.6) is 0 Å². The van der Waals surface area contributed by atoms with Crippen LogP contribution in [0.25, 0.3) is 0 Å². The van der Waals surface area contributed by atoms with Gasteiger partial charge in [0.05, 0.1) is 12.9 Å². The molecule has 1 aliphatic carbocycles. The first kappa shape index (κ1) is 7.15. The number of hydrogen-bond donors (Lipinski definition) is 1. The molecule has 0 amide bonds. The van der Waals surface area contributed by atoms with E-state index in [1.807, 2.05) is 12.2 Å². The summed E-state index contributed by atoms with van der Waals surface area (Å²) in [5.74, 6) is 6.73. The summed E-state index contributed by atoms with van der Waals surface area (Å²) in [5, 5.41) is 0. The van der Waals surface area contributed by atoms with Crippen molar-refractivity contribution in [1.82, 2.24) is 0 Å². The topological polar surface area (TPSA) is 44.5 Å². The Bertz CT molecular complexity index is 152. The second-order valence-electron chi connectivity index (χ2n) is 2.09. The van der Waals surface area contributed by atoms with E-state index in [4.69, 9.17) is 10.6 Å². The van der Waals surface area contributed by atoms with Gasteiger partial charge in [0.2, 0.25) is 0 Å². The van der Waals surface area contributed by atoms with Gasteiger partial charge in [-0.05, 0) is 12.2 Å². The highest BCUT2D eigenvalue weighted by atomic mass is 16.6. The SMILES string of the molecule is COC1=CC=C(ON)CC1. The first-order valence-corrected chi connectivity index (χ1v) is 3.17. The minimum Gasteiger partial charge on any atom is -0.501 e. The van der Waals surface area contributed by atoms with Crippen molar-refractivity contribution in [2.75, 3.05) is 7.11 Å². The predicted octanol–water partition coefficient (Wildman–Crippen LogP) is 1.08. The van der Waals surface area contributed by atoms with Gasteiger partial charge >= 0.3 is 0 Å². The second kappa shape index (κ2) is 3.27. The van der Waals surface area contributed by atoms with Crippen molar-refractivity contribution in [3.8, 4) is 0 Å². The quantitative estimate of drug-likeness (QED) is 0.585. The fourth-order valence-electron chi connectivity index (χ4n) is 0.867. The number of methoxy groups -OCH3 is 1. The Hall–Kier alpha value is -0.960. The van der Waals surface area contributed by atoms with E-state index >= 15 is 0 Å². The molecule has 0 heterocycles. The first-order chi connectivity index (χ1) is 4.86. The van der Waals surface area contributed by atoms with Crippen molar-refractivity contribution >= 4 is 0 Å². The van der Waals surface area contributed by atoms with Crippen molar-refractivity contribution in [1.29, 1.82) is 0 Å². The molecule has 3 nitrogen and oxygen atoms in total. The zero-order valence-electron chi connectivity index (χ0n) is 5.96. The summed E-state index contributed by atoms with van der Waals surface area (Å²) in [7, 11) is 1.66. The summed E-state index contributed by atoms with van der Waals surface area (Å²) >= 11 is 0. The highest BCUT2D eigenvalue weighted by molar-refractivity contribution is 5.16. The van der Waals surface area contributed by atoms with E-state index in [-0.39, 0.29) is 0 Å². The van der Waals surface area contributed by atoms with Gasteiger partial charge < -0.3 is 9.57 Å². The molecule has 1 aliphatic rings. The Kier molecular flexibility index (Phi) is 2.34. The smallest absolute Gasteiger partial charge is 0.124 e. The van der Waals surface area contributed by atoms with Crippen LogP contribution < -0.4 is 5.90 Å². The molecule has 0 aromatic heterocycles. The number of nitrogens with two attached hydrogens (primary N) is 1. The standard InChI is InChI=1S/C7H11NO2/c1-9-6-2-4-7(10-8)5-3-6/h2,4H,3,5,8H2,1H3.